The van der Waals surface area contributed by atoms with Gasteiger partial charge in [-0.2, -0.15) is 5.10 Å². The Balaban J connectivity index is 1.95. The quantitative estimate of drug-likeness (QED) is 0.634. The van der Waals surface area contributed by atoms with E-state index in [1.165, 1.54) is 12.6 Å². The van der Waals surface area contributed by atoms with Crippen LogP contribution in [-0.4, -0.2) is 22.1 Å². The summed E-state index contributed by atoms with van der Waals surface area (Å²) in [7, 11) is 1.93. The van der Waals surface area contributed by atoms with Crippen LogP contribution >= 0.6 is 0 Å². The molecule has 0 unspecified atom stereocenters. The first-order valence-corrected chi connectivity index (χ1v) is 6.19. The van der Waals surface area contributed by atoms with E-state index in [1.54, 1.807) is 18.3 Å². The van der Waals surface area contributed by atoms with Crippen molar-refractivity contribution in [1.29, 1.82) is 0 Å². The van der Waals surface area contributed by atoms with E-state index in [9.17, 15) is 4.79 Å². The van der Waals surface area contributed by atoms with Crippen LogP contribution in [0.15, 0.2) is 30.5 Å². The number of hydrogen-bond donors (Lipinski definition) is 2. The molecule has 2 rings (SSSR count). The molecule has 0 spiro atoms. The molecule has 0 aliphatic carbocycles. The van der Waals surface area contributed by atoms with Gasteiger partial charge in [-0.15, -0.1) is 0 Å². The lowest BCUT2D eigenvalue weighted by atomic mass is 10.1. The highest BCUT2D eigenvalue weighted by molar-refractivity contribution is 5.99. The van der Waals surface area contributed by atoms with E-state index in [4.69, 9.17) is 5.73 Å². The zero-order valence-electron chi connectivity index (χ0n) is 11.2. The first-order valence-electron chi connectivity index (χ1n) is 6.19. The minimum Gasteiger partial charge on any atom is -0.398 e. The van der Waals surface area contributed by atoms with Gasteiger partial charge in [0, 0.05) is 48.8 Å². The smallest absolute Gasteiger partial charge is 0.161 e. The molecule has 0 radical (unpaired) electrons. The SMILES string of the molecule is CC(=O)c1ccc(NCCc2ccnn2C)cc1N. The van der Waals surface area contributed by atoms with Gasteiger partial charge < -0.3 is 11.1 Å². The van der Waals surface area contributed by atoms with Gasteiger partial charge in [0.1, 0.15) is 0 Å². The third-order valence-electron chi connectivity index (χ3n) is 3.06. The fourth-order valence-corrected chi connectivity index (χ4v) is 1.97. The fraction of sp³-hybridized carbons (Fsp3) is 0.286. The average Bonchev–Trinajstić information content (AvgIpc) is 2.75. The van der Waals surface area contributed by atoms with Crippen LogP contribution in [-0.2, 0) is 13.5 Å². The number of ketones is 1. The van der Waals surface area contributed by atoms with Crippen LogP contribution < -0.4 is 11.1 Å². The molecule has 0 bridgehead atoms. The summed E-state index contributed by atoms with van der Waals surface area (Å²) in [6.45, 7) is 2.31. The summed E-state index contributed by atoms with van der Waals surface area (Å²) >= 11 is 0. The second-order valence-corrected chi connectivity index (χ2v) is 4.48. The van der Waals surface area contributed by atoms with Crippen molar-refractivity contribution in [3.63, 3.8) is 0 Å². The number of hydrogen-bond acceptors (Lipinski definition) is 4. The summed E-state index contributed by atoms with van der Waals surface area (Å²) in [5.74, 6) is -0.0149. The third-order valence-corrected chi connectivity index (χ3v) is 3.06. The largest absolute Gasteiger partial charge is 0.398 e. The standard InChI is InChI=1S/C14H18N4O/c1-10(19)13-4-3-11(9-14(13)15)16-7-5-12-6-8-17-18(12)2/h3-4,6,8-9,16H,5,7,15H2,1-2H3. The number of nitrogens with one attached hydrogen (secondary N) is 1. The third kappa shape index (κ3) is 3.13. The van der Waals surface area contributed by atoms with Crippen LogP contribution in [0.1, 0.15) is 23.0 Å². The van der Waals surface area contributed by atoms with Gasteiger partial charge in [-0.3, -0.25) is 9.48 Å². The van der Waals surface area contributed by atoms with Crippen molar-refractivity contribution in [1.82, 2.24) is 9.78 Å². The summed E-state index contributed by atoms with van der Waals surface area (Å²) < 4.78 is 1.86. The zero-order valence-corrected chi connectivity index (χ0v) is 11.2. The molecule has 1 heterocycles. The van der Waals surface area contributed by atoms with Crippen molar-refractivity contribution in [2.75, 3.05) is 17.6 Å². The number of nitrogen functional groups attached to an aromatic ring is 1. The van der Waals surface area contributed by atoms with Crippen LogP contribution in [0.5, 0.6) is 0 Å². The summed E-state index contributed by atoms with van der Waals surface area (Å²) in [5.41, 5.74) is 9.01. The summed E-state index contributed by atoms with van der Waals surface area (Å²) in [5, 5.41) is 7.40. The molecule has 5 nitrogen and oxygen atoms in total. The van der Waals surface area contributed by atoms with Gasteiger partial charge in [0.05, 0.1) is 0 Å². The lowest BCUT2D eigenvalue weighted by Crippen LogP contribution is -2.09. The topological polar surface area (TPSA) is 72.9 Å². The van der Waals surface area contributed by atoms with Crippen LogP contribution in [0, 0.1) is 0 Å². The number of aromatic nitrogens is 2. The van der Waals surface area contributed by atoms with Crippen molar-refractivity contribution in [2.45, 2.75) is 13.3 Å². The van der Waals surface area contributed by atoms with Gasteiger partial charge in [0.25, 0.3) is 0 Å². The van der Waals surface area contributed by atoms with Crippen molar-refractivity contribution < 1.29 is 4.79 Å². The van der Waals surface area contributed by atoms with E-state index in [1.807, 2.05) is 23.9 Å². The Hall–Kier alpha value is -2.30. The summed E-state index contributed by atoms with van der Waals surface area (Å²) in [4.78, 5) is 11.3. The maximum absolute atomic E-state index is 11.3. The van der Waals surface area contributed by atoms with Gasteiger partial charge in [-0.25, -0.2) is 0 Å². The van der Waals surface area contributed by atoms with Gasteiger partial charge >= 0.3 is 0 Å². The Labute approximate surface area is 112 Å². The van der Waals surface area contributed by atoms with E-state index in [2.05, 4.69) is 10.4 Å². The Kier molecular flexibility index (Phi) is 3.85. The highest BCUT2D eigenvalue weighted by atomic mass is 16.1. The first kappa shape index (κ1) is 13.1. The molecule has 0 fully saturated rings. The zero-order chi connectivity index (χ0) is 13.8. The lowest BCUT2D eigenvalue weighted by molar-refractivity contribution is 0.101. The number of rotatable bonds is 5. The van der Waals surface area contributed by atoms with Gasteiger partial charge in [0.15, 0.2) is 5.78 Å². The number of nitrogens with zero attached hydrogens (tertiary/aromatic N) is 2. The van der Waals surface area contributed by atoms with Crippen molar-refractivity contribution >= 4 is 17.2 Å². The molecular formula is C14H18N4O. The Morgan fingerprint density at radius 1 is 1.42 bits per heavy atom. The van der Waals surface area contributed by atoms with Gasteiger partial charge in [0.2, 0.25) is 0 Å². The minimum absolute atomic E-state index is 0.0149. The monoisotopic (exact) mass is 258 g/mol. The van der Waals surface area contributed by atoms with E-state index in [0.29, 0.717) is 11.3 Å². The van der Waals surface area contributed by atoms with E-state index >= 15 is 0 Å². The molecule has 1 aromatic carbocycles. The highest BCUT2D eigenvalue weighted by Gasteiger charge is 2.05. The molecule has 5 heteroatoms. The van der Waals surface area contributed by atoms with Crippen molar-refractivity contribution in [3.05, 3.63) is 41.7 Å². The number of nitrogens with two attached hydrogens (primary N) is 1. The van der Waals surface area contributed by atoms with Crippen LogP contribution in [0.4, 0.5) is 11.4 Å². The number of aryl methyl sites for hydroxylation is 1. The number of carbonyl (C=O) groups is 1. The molecule has 19 heavy (non-hydrogen) atoms. The highest BCUT2D eigenvalue weighted by Crippen LogP contribution is 2.18. The van der Waals surface area contributed by atoms with Crippen molar-refractivity contribution in [3.8, 4) is 0 Å². The molecule has 100 valence electrons. The van der Waals surface area contributed by atoms with Gasteiger partial charge in [-0.05, 0) is 31.2 Å². The molecule has 2 aromatic rings. The number of Topliss-reactive ketones (excluding diaryl/α,β-unsaturated/α-hetero) is 1. The molecule has 0 saturated carbocycles. The number of carbonyl (C=O) groups excluding carboxylic acids is 1. The van der Waals surface area contributed by atoms with E-state index in [0.717, 1.165) is 18.7 Å². The number of anilines is 2. The Morgan fingerprint density at radius 3 is 2.79 bits per heavy atom. The predicted molar refractivity (Wildman–Crippen MR) is 76.3 cm³/mol. The molecular weight excluding hydrogens is 240 g/mol. The predicted octanol–water partition coefficient (Wildman–Crippen LogP) is 1.86. The summed E-state index contributed by atoms with van der Waals surface area (Å²) in [6.07, 6.45) is 2.67. The molecule has 3 N–H and O–H groups in total. The molecule has 0 saturated heterocycles. The van der Waals surface area contributed by atoms with E-state index in [-0.39, 0.29) is 5.78 Å². The summed E-state index contributed by atoms with van der Waals surface area (Å²) in [6, 6.07) is 7.41. The molecule has 0 amide bonds. The van der Waals surface area contributed by atoms with Gasteiger partial charge in [-0.1, -0.05) is 0 Å². The average molecular weight is 258 g/mol. The number of benzene rings is 1. The van der Waals surface area contributed by atoms with Crippen LogP contribution in [0.2, 0.25) is 0 Å². The maximum Gasteiger partial charge on any atom is 0.161 e. The first-order chi connectivity index (χ1) is 9.08. The molecule has 0 aliphatic heterocycles. The van der Waals surface area contributed by atoms with Crippen LogP contribution in [0.25, 0.3) is 0 Å². The maximum atomic E-state index is 11.3. The Morgan fingerprint density at radius 2 is 2.21 bits per heavy atom. The fourth-order valence-electron chi connectivity index (χ4n) is 1.97. The Bertz CT molecular complexity index is 589. The normalized spacial score (nSPS) is 10.4. The van der Waals surface area contributed by atoms with Crippen molar-refractivity contribution in [2.24, 2.45) is 7.05 Å². The second kappa shape index (κ2) is 5.56. The molecule has 1 aromatic heterocycles. The lowest BCUT2D eigenvalue weighted by Gasteiger charge is -2.09. The minimum atomic E-state index is -0.0149. The van der Waals surface area contributed by atoms with Crippen LogP contribution in [0.3, 0.4) is 0 Å². The molecule has 0 atom stereocenters. The van der Waals surface area contributed by atoms with E-state index < -0.39 is 0 Å². The molecule has 0 aliphatic rings. The second-order valence-electron chi connectivity index (χ2n) is 4.48.